The molecular weight excluding hydrogens is 449 g/mol. The lowest BCUT2D eigenvalue weighted by atomic mass is 9.93. The Bertz CT molecular complexity index is 1190. The molecule has 1 saturated heterocycles. The van der Waals surface area contributed by atoms with Crippen LogP contribution < -0.4 is 5.73 Å². The van der Waals surface area contributed by atoms with Crippen LogP contribution in [-0.2, 0) is 22.4 Å². The number of nitrogens with two attached hydrogens (primary N) is 1. The van der Waals surface area contributed by atoms with Gasteiger partial charge in [0.05, 0.1) is 25.0 Å². The number of carbonyl (C=O) groups is 2. The van der Waals surface area contributed by atoms with Gasteiger partial charge < -0.3 is 15.2 Å². The molecule has 2 N–H and O–H groups in total. The molecule has 8 heteroatoms. The van der Waals surface area contributed by atoms with Gasteiger partial charge in [0.1, 0.15) is 12.4 Å². The first-order valence-electron chi connectivity index (χ1n) is 11.6. The molecule has 0 bridgehead atoms. The normalized spacial score (nSPS) is 14.0. The van der Waals surface area contributed by atoms with E-state index < -0.39 is 11.8 Å². The van der Waals surface area contributed by atoms with Gasteiger partial charge in [-0.3, -0.25) is 14.7 Å². The summed E-state index contributed by atoms with van der Waals surface area (Å²) in [6.45, 7) is 4.27. The molecule has 35 heavy (non-hydrogen) atoms. The zero-order chi connectivity index (χ0) is 24.6. The summed E-state index contributed by atoms with van der Waals surface area (Å²) in [6, 6.07) is 13.8. The monoisotopic (exact) mass is 477 g/mol. The number of rotatable bonds is 9. The second-order valence-electron chi connectivity index (χ2n) is 8.31. The molecule has 2 heterocycles. The van der Waals surface area contributed by atoms with E-state index >= 15 is 0 Å². The fourth-order valence-electron chi connectivity index (χ4n) is 4.01. The lowest BCUT2D eigenvalue weighted by molar-refractivity contribution is 0.0195. The number of Topliss-reactive ketones (excluding diaryl/α,β-unsaturated/α-hetero) is 1. The van der Waals surface area contributed by atoms with E-state index in [0.717, 1.165) is 36.0 Å². The first-order chi connectivity index (χ1) is 17.0. The summed E-state index contributed by atoms with van der Waals surface area (Å²) in [4.78, 5) is 31.4. The quantitative estimate of drug-likeness (QED) is 0.373. The number of ketones is 1. The fraction of sp³-hybridized carbons (Fsp3) is 0.296. The van der Waals surface area contributed by atoms with Gasteiger partial charge in [-0.25, -0.2) is 9.18 Å². The number of pyridine rings is 1. The summed E-state index contributed by atoms with van der Waals surface area (Å²) in [6.07, 6.45) is 2.47. The highest BCUT2D eigenvalue weighted by Crippen LogP contribution is 2.27. The van der Waals surface area contributed by atoms with E-state index in [1.807, 2.05) is 6.07 Å². The summed E-state index contributed by atoms with van der Waals surface area (Å²) in [5.74, 6) is -1.15. The highest BCUT2D eigenvalue weighted by atomic mass is 19.1. The van der Waals surface area contributed by atoms with E-state index in [1.165, 1.54) is 12.3 Å². The third-order valence-electron chi connectivity index (χ3n) is 6.01. The first kappa shape index (κ1) is 24.7. The maximum absolute atomic E-state index is 14.0. The van der Waals surface area contributed by atoms with Crippen LogP contribution in [0.25, 0.3) is 11.1 Å². The third-order valence-corrected chi connectivity index (χ3v) is 6.01. The number of carbonyl (C=O) groups excluding carboxylic acids is 2. The molecule has 0 aliphatic carbocycles. The van der Waals surface area contributed by atoms with Crippen LogP contribution in [-0.4, -0.2) is 61.1 Å². The molecular formula is C27H28FN3O4. The van der Waals surface area contributed by atoms with Crippen LogP contribution in [0.3, 0.4) is 0 Å². The number of esters is 1. The molecule has 0 amide bonds. The minimum absolute atomic E-state index is 0.0781. The highest BCUT2D eigenvalue weighted by molar-refractivity contribution is 5.99. The average molecular weight is 478 g/mol. The lowest BCUT2D eigenvalue weighted by Crippen LogP contribution is -2.38. The van der Waals surface area contributed by atoms with Crippen molar-refractivity contribution in [3.63, 3.8) is 0 Å². The summed E-state index contributed by atoms with van der Waals surface area (Å²) >= 11 is 0. The van der Waals surface area contributed by atoms with Crippen molar-refractivity contribution in [2.75, 3.05) is 39.5 Å². The van der Waals surface area contributed by atoms with Gasteiger partial charge in [-0.1, -0.05) is 24.3 Å². The molecule has 1 aromatic heterocycles. The number of hydrogen-bond donors (Lipinski definition) is 1. The molecule has 1 aliphatic heterocycles. The van der Waals surface area contributed by atoms with Crippen LogP contribution in [0.1, 0.15) is 31.8 Å². The van der Waals surface area contributed by atoms with Crippen molar-refractivity contribution in [1.29, 1.82) is 0 Å². The van der Waals surface area contributed by atoms with Crippen LogP contribution in [0.5, 0.6) is 0 Å². The molecule has 3 aromatic rings. The van der Waals surface area contributed by atoms with E-state index in [0.29, 0.717) is 37.5 Å². The standard InChI is InChI=1S/C27H28FN3O4/c28-25-18-30-7-6-20(25)16-26(32)21-4-5-23(17-29)24(15-21)19-2-1-3-22(14-19)27(33)35-13-10-31-8-11-34-12-9-31/h1-7,14-15,18H,8-13,16-17,29H2. The Balaban J connectivity index is 1.49. The predicted octanol–water partition coefficient (Wildman–Crippen LogP) is 3.26. The maximum atomic E-state index is 14.0. The molecule has 1 fully saturated rings. The van der Waals surface area contributed by atoms with Crippen molar-refractivity contribution >= 4 is 11.8 Å². The Morgan fingerprint density at radius 3 is 2.66 bits per heavy atom. The molecule has 182 valence electrons. The van der Waals surface area contributed by atoms with Crippen LogP contribution in [0.4, 0.5) is 4.39 Å². The summed E-state index contributed by atoms with van der Waals surface area (Å²) in [5.41, 5.74) is 9.41. The van der Waals surface area contributed by atoms with Crippen LogP contribution >= 0.6 is 0 Å². The van der Waals surface area contributed by atoms with E-state index in [1.54, 1.807) is 36.4 Å². The Kier molecular flexibility index (Phi) is 8.31. The van der Waals surface area contributed by atoms with Crippen molar-refractivity contribution in [2.45, 2.75) is 13.0 Å². The predicted molar refractivity (Wildman–Crippen MR) is 130 cm³/mol. The van der Waals surface area contributed by atoms with Gasteiger partial charge in [0.2, 0.25) is 0 Å². The Morgan fingerprint density at radius 1 is 1.06 bits per heavy atom. The number of ether oxygens (including phenoxy) is 2. The molecule has 0 spiro atoms. The zero-order valence-electron chi connectivity index (χ0n) is 19.4. The first-order valence-corrected chi connectivity index (χ1v) is 11.6. The summed E-state index contributed by atoms with van der Waals surface area (Å²) in [7, 11) is 0. The number of morpholine rings is 1. The van der Waals surface area contributed by atoms with Crippen LogP contribution in [0.15, 0.2) is 60.9 Å². The van der Waals surface area contributed by atoms with E-state index in [9.17, 15) is 14.0 Å². The number of hydrogen-bond acceptors (Lipinski definition) is 7. The third kappa shape index (κ3) is 6.36. The lowest BCUT2D eigenvalue weighted by Gasteiger charge is -2.26. The van der Waals surface area contributed by atoms with Crippen LogP contribution in [0, 0.1) is 5.82 Å². The minimum Gasteiger partial charge on any atom is -0.461 e. The molecule has 1 aliphatic rings. The zero-order valence-corrected chi connectivity index (χ0v) is 19.4. The molecule has 4 rings (SSSR count). The van der Waals surface area contributed by atoms with Crippen molar-refractivity contribution in [3.8, 4) is 11.1 Å². The fourth-order valence-corrected chi connectivity index (χ4v) is 4.01. The molecule has 0 radical (unpaired) electrons. The average Bonchev–Trinajstić information content (AvgIpc) is 2.90. The maximum Gasteiger partial charge on any atom is 0.338 e. The van der Waals surface area contributed by atoms with Gasteiger partial charge in [-0.2, -0.15) is 0 Å². The van der Waals surface area contributed by atoms with E-state index in [4.69, 9.17) is 15.2 Å². The van der Waals surface area contributed by atoms with Gasteiger partial charge in [0.25, 0.3) is 0 Å². The number of nitrogens with zero attached hydrogens (tertiary/aromatic N) is 2. The Hall–Kier alpha value is -3.46. The molecule has 2 aromatic carbocycles. The van der Waals surface area contributed by atoms with Gasteiger partial charge in [-0.05, 0) is 46.5 Å². The van der Waals surface area contributed by atoms with Gasteiger partial charge >= 0.3 is 5.97 Å². The molecule has 7 nitrogen and oxygen atoms in total. The molecule has 0 saturated carbocycles. The Labute approximate surface area is 203 Å². The highest BCUT2D eigenvalue weighted by Gasteiger charge is 2.16. The second kappa shape index (κ2) is 11.8. The second-order valence-corrected chi connectivity index (χ2v) is 8.31. The number of halogens is 1. The number of aromatic nitrogens is 1. The SMILES string of the molecule is NCc1ccc(C(=O)Cc2ccncc2F)cc1-c1cccc(C(=O)OCCN2CCOCC2)c1. The summed E-state index contributed by atoms with van der Waals surface area (Å²) in [5, 5.41) is 0. The van der Waals surface area contributed by atoms with Crippen molar-refractivity contribution in [2.24, 2.45) is 5.73 Å². The van der Waals surface area contributed by atoms with Gasteiger partial charge in [0.15, 0.2) is 5.78 Å². The minimum atomic E-state index is -0.514. The van der Waals surface area contributed by atoms with Crippen molar-refractivity contribution in [1.82, 2.24) is 9.88 Å². The summed E-state index contributed by atoms with van der Waals surface area (Å²) < 4.78 is 24.8. The van der Waals surface area contributed by atoms with Crippen LogP contribution in [0.2, 0.25) is 0 Å². The van der Waals surface area contributed by atoms with Gasteiger partial charge in [-0.15, -0.1) is 0 Å². The number of benzene rings is 2. The largest absolute Gasteiger partial charge is 0.461 e. The van der Waals surface area contributed by atoms with Gasteiger partial charge in [0, 0.05) is 44.4 Å². The van der Waals surface area contributed by atoms with Crippen molar-refractivity contribution in [3.05, 3.63) is 89.0 Å². The smallest absolute Gasteiger partial charge is 0.338 e. The van der Waals surface area contributed by atoms with E-state index in [2.05, 4.69) is 9.88 Å². The van der Waals surface area contributed by atoms with E-state index in [-0.39, 0.29) is 24.3 Å². The van der Waals surface area contributed by atoms with Crippen molar-refractivity contribution < 1.29 is 23.5 Å². The topological polar surface area (TPSA) is 94.8 Å². The Morgan fingerprint density at radius 2 is 1.89 bits per heavy atom. The molecule has 0 atom stereocenters. The molecule has 0 unspecified atom stereocenters.